The van der Waals surface area contributed by atoms with Gasteiger partial charge in [0.25, 0.3) is 0 Å². The van der Waals surface area contributed by atoms with Crippen molar-refractivity contribution in [3.63, 3.8) is 0 Å². The summed E-state index contributed by atoms with van der Waals surface area (Å²) >= 11 is 0. The third kappa shape index (κ3) is 3.81. The standard InChI is InChI=1S/C10H17N3O2/c1-12(5-6-15-2)3-4-13-9-11-7-10(13)8-14/h7-9H,3-6H2,1-2H3. The number of carbonyl (C=O) groups excluding carboxylic acids is 1. The van der Waals surface area contributed by atoms with Crippen LogP contribution in [0.3, 0.4) is 0 Å². The van der Waals surface area contributed by atoms with E-state index in [4.69, 9.17) is 4.74 Å². The van der Waals surface area contributed by atoms with E-state index >= 15 is 0 Å². The minimum Gasteiger partial charge on any atom is -0.383 e. The van der Waals surface area contributed by atoms with Crippen LogP contribution in [0.1, 0.15) is 10.5 Å². The fraction of sp³-hybridized carbons (Fsp3) is 0.600. The molecule has 1 aromatic rings. The van der Waals surface area contributed by atoms with Crippen LogP contribution >= 0.6 is 0 Å². The molecule has 0 unspecified atom stereocenters. The van der Waals surface area contributed by atoms with Crippen molar-refractivity contribution in [1.82, 2.24) is 14.5 Å². The van der Waals surface area contributed by atoms with Gasteiger partial charge in [-0.15, -0.1) is 0 Å². The SMILES string of the molecule is COCCN(C)CCn1cncc1C=O. The minimum absolute atomic E-state index is 0.621. The molecule has 84 valence electrons. The van der Waals surface area contributed by atoms with E-state index in [1.165, 1.54) is 0 Å². The molecule has 0 N–H and O–H groups in total. The largest absolute Gasteiger partial charge is 0.383 e. The van der Waals surface area contributed by atoms with Gasteiger partial charge in [0.05, 0.1) is 19.1 Å². The average molecular weight is 211 g/mol. The van der Waals surface area contributed by atoms with Gasteiger partial charge >= 0.3 is 0 Å². The highest BCUT2D eigenvalue weighted by molar-refractivity contribution is 5.71. The topological polar surface area (TPSA) is 47.4 Å². The molecule has 1 aromatic heterocycles. The number of nitrogens with zero attached hydrogens (tertiary/aromatic N) is 3. The lowest BCUT2D eigenvalue weighted by Crippen LogP contribution is -2.27. The molecule has 5 nitrogen and oxygen atoms in total. The Morgan fingerprint density at radius 2 is 2.40 bits per heavy atom. The molecule has 0 saturated heterocycles. The molecule has 5 heteroatoms. The molecule has 1 heterocycles. The fourth-order valence-corrected chi connectivity index (χ4v) is 1.25. The lowest BCUT2D eigenvalue weighted by Gasteiger charge is -2.16. The molecule has 0 aliphatic rings. The first-order valence-electron chi connectivity index (χ1n) is 4.90. The zero-order valence-electron chi connectivity index (χ0n) is 9.22. The van der Waals surface area contributed by atoms with Crippen LogP contribution in [-0.2, 0) is 11.3 Å². The van der Waals surface area contributed by atoms with Crippen LogP contribution in [0.5, 0.6) is 0 Å². The Hall–Kier alpha value is -1.20. The van der Waals surface area contributed by atoms with Crippen molar-refractivity contribution in [3.05, 3.63) is 18.2 Å². The molecule has 0 fully saturated rings. The van der Waals surface area contributed by atoms with E-state index < -0.39 is 0 Å². The summed E-state index contributed by atoms with van der Waals surface area (Å²) < 4.78 is 6.82. The van der Waals surface area contributed by atoms with Gasteiger partial charge in [0.15, 0.2) is 6.29 Å². The van der Waals surface area contributed by atoms with Crippen LogP contribution in [0.2, 0.25) is 0 Å². The minimum atomic E-state index is 0.621. The van der Waals surface area contributed by atoms with Crippen LogP contribution in [0, 0.1) is 0 Å². The summed E-state index contributed by atoms with van der Waals surface area (Å²) in [7, 11) is 3.71. The molecule has 0 spiro atoms. The average Bonchev–Trinajstić information content (AvgIpc) is 2.70. The number of imidazole rings is 1. The van der Waals surface area contributed by atoms with E-state index in [9.17, 15) is 4.79 Å². The lowest BCUT2D eigenvalue weighted by atomic mass is 10.4. The molecule has 0 aliphatic heterocycles. The van der Waals surface area contributed by atoms with Gasteiger partial charge in [-0.3, -0.25) is 4.79 Å². The normalized spacial score (nSPS) is 10.9. The molecule has 0 saturated carbocycles. The maximum Gasteiger partial charge on any atom is 0.168 e. The number of rotatable bonds is 7. The van der Waals surface area contributed by atoms with Gasteiger partial charge < -0.3 is 14.2 Å². The van der Waals surface area contributed by atoms with E-state index in [0.29, 0.717) is 5.69 Å². The summed E-state index contributed by atoms with van der Waals surface area (Å²) in [6, 6.07) is 0. The Labute approximate surface area is 89.7 Å². The summed E-state index contributed by atoms with van der Waals surface area (Å²) in [4.78, 5) is 16.7. The van der Waals surface area contributed by atoms with Crippen LogP contribution < -0.4 is 0 Å². The number of methoxy groups -OCH3 is 1. The Bertz CT molecular complexity index is 299. The molecule has 1 rings (SSSR count). The van der Waals surface area contributed by atoms with Gasteiger partial charge in [0, 0.05) is 26.7 Å². The third-order valence-electron chi connectivity index (χ3n) is 2.27. The Morgan fingerprint density at radius 3 is 3.07 bits per heavy atom. The van der Waals surface area contributed by atoms with Gasteiger partial charge in [0.1, 0.15) is 5.69 Å². The summed E-state index contributed by atoms with van der Waals surface area (Å²) in [5.74, 6) is 0. The first-order chi connectivity index (χ1) is 7.27. The Morgan fingerprint density at radius 1 is 1.60 bits per heavy atom. The van der Waals surface area contributed by atoms with Crippen LogP contribution in [0.15, 0.2) is 12.5 Å². The number of hydrogen-bond donors (Lipinski definition) is 0. The Balaban J connectivity index is 2.33. The molecule has 0 aliphatic carbocycles. The lowest BCUT2D eigenvalue weighted by molar-refractivity contribution is 0.111. The van der Waals surface area contributed by atoms with E-state index in [-0.39, 0.29) is 0 Å². The fourth-order valence-electron chi connectivity index (χ4n) is 1.25. The van der Waals surface area contributed by atoms with Crippen molar-refractivity contribution < 1.29 is 9.53 Å². The van der Waals surface area contributed by atoms with Gasteiger partial charge in [-0.25, -0.2) is 4.98 Å². The van der Waals surface area contributed by atoms with Crippen molar-refractivity contribution in [2.24, 2.45) is 0 Å². The highest BCUT2D eigenvalue weighted by Crippen LogP contribution is 1.96. The second kappa shape index (κ2) is 6.31. The number of ether oxygens (including phenoxy) is 1. The van der Waals surface area contributed by atoms with Crippen molar-refractivity contribution in [2.45, 2.75) is 6.54 Å². The first-order valence-corrected chi connectivity index (χ1v) is 4.90. The van der Waals surface area contributed by atoms with E-state index in [1.807, 2.05) is 11.6 Å². The smallest absolute Gasteiger partial charge is 0.168 e. The van der Waals surface area contributed by atoms with Gasteiger partial charge in [-0.1, -0.05) is 0 Å². The molecule has 15 heavy (non-hydrogen) atoms. The zero-order valence-corrected chi connectivity index (χ0v) is 9.22. The molecular weight excluding hydrogens is 194 g/mol. The van der Waals surface area contributed by atoms with Gasteiger partial charge in [-0.2, -0.15) is 0 Å². The third-order valence-corrected chi connectivity index (χ3v) is 2.27. The molecule has 0 radical (unpaired) electrons. The van der Waals surface area contributed by atoms with Gasteiger partial charge in [-0.05, 0) is 7.05 Å². The number of likely N-dealkylation sites (N-methyl/N-ethyl adjacent to an activating group) is 1. The molecular formula is C10H17N3O2. The maximum atomic E-state index is 10.6. The van der Waals surface area contributed by atoms with Crippen LogP contribution in [0.25, 0.3) is 0 Å². The summed E-state index contributed by atoms with van der Waals surface area (Å²) in [6.07, 6.45) is 4.07. The summed E-state index contributed by atoms with van der Waals surface area (Å²) in [5, 5.41) is 0. The van der Waals surface area contributed by atoms with Crippen molar-refractivity contribution in [1.29, 1.82) is 0 Å². The van der Waals surface area contributed by atoms with Crippen LogP contribution in [-0.4, -0.2) is 54.6 Å². The zero-order chi connectivity index (χ0) is 11.1. The number of carbonyl (C=O) groups is 1. The first kappa shape index (κ1) is 11.9. The number of aromatic nitrogens is 2. The monoisotopic (exact) mass is 211 g/mol. The van der Waals surface area contributed by atoms with Crippen molar-refractivity contribution in [2.75, 3.05) is 33.9 Å². The number of hydrogen-bond acceptors (Lipinski definition) is 4. The molecule has 0 amide bonds. The Kier molecular flexibility index (Phi) is 5.00. The van der Waals surface area contributed by atoms with Gasteiger partial charge in [0.2, 0.25) is 0 Å². The summed E-state index contributed by atoms with van der Waals surface area (Å²) in [6.45, 7) is 3.26. The van der Waals surface area contributed by atoms with Crippen molar-refractivity contribution in [3.8, 4) is 0 Å². The second-order valence-corrected chi connectivity index (χ2v) is 3.43. The predicted octanol–water partition coefficient (Wildman–Crippen LogP) is 0.274. The quantitative estimate of drug-likeness (QED) is 0.608. The maximum absolute atomic E-state index is 10.6. The van der Waals surface area contributed by atoms with E-state index in [2.05, 4.69) is 9.88 Å². The van der Waals surface area contributed by atoms with E-state index in [1.54, 1.807) is 19.6 Å². The predicted molar refractivity (Wildman–Crippen MR) is 57.0 cm³/mol. The number of aldehydes is 1. The van der Waals surface area contributed by atoms with Crippen LogP contribution in [0.4, 0.5) is 0 Å². The highest BCUT2D eigenvalue weighted by atomic mass is 16.5. The highest BCUT2D eigenvalue weighted by Gasteiger charge is 2.02. The van der Waals surface area contributed by atoms with E-state index in [0.717, 1.165) is 32.5 Å². The molecule has 0 atom stereocenters. The van der Waals surface area contributed by atoms with Crippen molar-refractivity contribution >= 4 is 6.29 Å². The second-order valence-electron chi connectivity index (χ2n) is 3.43. The molecule has 0 aromatic carbocycles. The summed E-state index contributed by atoms with van der Waals surface area (Å²) in [5.41, 5.74) is 0.621. The molecule has 0 bridgehead atoms.